The first-order chi connectivity index (χ1) is 7.46. The fourth-order valence-electron chi connectivity index (χ4n) is 1.29. The zero-order valence-electron chi connectivity index (χ0n) is 10.0. The molecule has 1 aromatic rings. The van der Waals surface area contributed by atoms with Crippen molar-refractivity contribution in [3.8, 4) is 0 Å². The molecule has 0 saturated carbocycles. The van der Waals surface area contributed by atoms with E-state index in [0.29, 0.717) is 6.54 Å². The van der Waals surface area contributed by atoms with Gasteiger partial charge in [0.25, 0.3) is 5.91 Å². The lowest BCUT2D eigenvalue weighted by Gasteiger charge is -2.22. The van der Waals surface area contributed by atoms with Gasteiger partial charge in [0, 0.05) is 17.4 Å². The van der Waals surface area contributed by atoms with E-state index in [-0.39, 0.29) is 11.3 Å². The highest BCUT2D eigenvalue weighted by molar-refractivity contribution is 9.09. The standard InChI is InChI=1S/C13H18BrNO/c1-10-6-4-5-7-11(10)12(16)15-9-13(2,3)8-14/h4-7H,8-9H2,1-3H3,(H,15,16). The van der Waals surface area contributed by atoms with Gasteiger partial charge in [0.05, 0.1) is 0 Å². The molecule has 0 bridgehead atoms. The number of hydrogen-bond donors (Lipinski definition) is 1. The Morgan fingerprint density at radius 2 is 2.00 bits per heavy atom. The molecule has 0 aliphatic carbocycles. The fraction of sp³-hybridized carbons (Fsp3) is 0.462. The Morgan fingerprint density at radius 3 is 2.56 bits per heavy atom. The highest BCUT2D eigenvalue weighted by atomic mass is 79.9. The Hall–Kier alpha value is -0.830. The van der Waals surface area contributed by atoms with Crippen LogP contribution in [0.25, 0.3) is 0 Å². The zero-order valence-corrected chi connectivity index (χ0v) is 11.6. The summed E-state index contributed by atoms with van der Waals surface area (Å²) in [6, 6.07) is 7.63. The first kappa shape index (κ1) is 13.2. The summed E-state index contributed by atoms with van der Waals surface area (Å²) < 4.78 is 0. The van der Waals surface area contributed by atoms with Crippen LogP contribution in [0, 0.1) is 12.3 Å². The summed E-state index contributed by atoms with van der Waals surface area (Å²) in [5.41, 5.74) is 1.85. The smallest absolute Gasteiger partial charge is 0.251 e. The molecule has 0 fully saturated rings. The van der Waals surface area contributed by atoms with Crippen LogP contribution in [0.3, 0.4) is 0 Å². The molecular weight excluding hydrogens is 266 g/mol. The second-order valence-electron chi connectivity index (χ2n) is 4.80. The van der Waals surface area contributed by atoms with Crippen molar-refractivity contribution in [2.24, 2.45) is 5.41 Å². The van der Waals surface area contributed by atoms with E-state index in [1.54, 1.807) is 0 Å². The Labute approximate surface area is 106 Å². The van der Waals surface area contributed by atoms with Gasteiger partial charge in [0.1, 0.15) is 0 Å². The van der Waals surface area contributed by atoms with E-state index in [9.17, 15) is 4.79 Å². The normalized spacial score (nSPS) is 11.2. The number of nitrogens with one attached hydrogen (secondary N) is 1. The molecule has 0 atom stereocenters. The van der Waals surface area contributed by atoms with Crippen molar-refractivity contribution >= 4 is 21.8 Å². The van der Waals surface area contributed by atoms with Crippen LogP contribution in [0.5, 0.6) is 0 Å². The van der Waals surface area contributed by atoms with Gasteiger partial charge in [-0.25, -0.2) is 0 Å². The monoisotopic (exact) mass is 283 g/mol. The lowest BCUT2D eigenvalue weighted by Crippen LogP contribution is -2.35. The lowest BCUT2D eigenvalue weighted by atomic mass is 9.96. The Kier molecular flexibility index (Phi) is 4.54. The SMILES string of the molecule is Cc1ccccc1C(=O)NCC(C)(C)CBr. The van der Waals surface area contributed by atoms with Gasteiger partial charge in [-0.1, -0.05) is 48.0 Å². The van der Waals surface area contributed by atoms with Crippen LogP contribution >= 0.6 is 15.9 Å². The maximum Gasteiger partial charge on any atom is 0.251 e. The number of carbonyl (C=O) groups is 1. The molecule has 0 radical (unpaired) electrons. The number of halogens is 1. The van der Waals surface area contributed by atoms with Crippen LogP contribution in [0.2, 0.25) is 0 Å². The van der Waals surface area contributed by atoms with E-state index in [0.717, 1.165) is 16.5 Å². The van der Waals surface area contributed by atoms with Crippen LogP contribution < -0.4 is 5.32 Å². The van der Waals surface area contributed by atoms with Gasteiger partial charge in [0.2, 0.25) is 0 Å². The van der Waals surface area contributed by atoms with Crippen molar-refractivity contribution in [3.05, 3.63) is 35.4 Å². The molecule has 1 aromatic carbocycles. The fourth-order valence-corrected chi connectivity index (χ4v) is 1.49. The third-order valence-corrected chi connectivity index (χ3v) is 4.00. The molecule has 3 heteroatoms. The molecule has 88 valence electrons. The van der Waals surface area contributed by atoms with E-state index in [2.05, 4.69) is 35.1 Å². The number of benzene rings is 1. The van der Waals surface area contributed by atoms with E-state index >= 15 is 0 Å². The molecule has 1 N–H and O–H groups in total. The molecule has 2 nitrogen and oxygen atoms in total. The summed E-state index contributed by atoms with van der Waals surface area (Å²) in [5, 5.41) is 3.83. The minimum absolute atomic E-state index is 0.00660. The average Bonchev–Trinajstić information content (AvgIpc) is 2.27. The summed E-state index contributed by atoms with van der Waals surface area (Å²) in [4.78, 5) is 11.9. The summed E-state index contributed by atoms with van der Waals surface area (Å²) in [6.45, 7) is 6.84. The van der Waals surface area contributed by atoms with Crippen molar-refractivity contribution in [2.45, 2.75) is 20.8 Å². The quantitative estimate of drug-likeness (QED) is 0.845. The van der Waals surface area contributed by atoms with Crippen molar-refractivity contribution in [2.75, 3.05) is 11.9 Å². The molecule has 0 unspecified atom stereocenters. The van der Waals surface area contributed by atoms with Gasteiger partial charge in [0.15, 0.2) is 0 Å². The van der Waals surface area contributed by atoms with Crippen molar-refractivity contribution in [1.29, 1.82) is 0 Å². The summed E-state index contributed by atoms with van der Waals surface area (Å²) >= 11 is 3.44. The number of carbonyl (C=O) groups excluding carboxylic acids is 1. The van der Waals surface area contributed by atoms with Gasteiger partial charge in [-0.2, -0.15) is 0 Å². The number of amides is 1. The largest absolute Gasteiger partial charge is 0.351 e. The van der Waals surface area contributed by atoms with Crippen LogP contribution in [-0.2, 0) is 0 Å². The molecule has 0 spiro atoms. The topological polar surface area (TPSA) is 29.1 Å². The number of alkyl halides is 1. The Morgan fingerprint density at radius 1 is 1.38 bits per heavy atom. The van der Waals surface area contributed by atoms with Gasteiger partial charge in [-0.3, -0.25) is 4.79 Å². The molecular formula is C13H18BrNO. The third-order valence-electron chi connectivity index (χ3n) is 2.48. The minimum atomic E-state index is 0.00660. The van der Waals surface area contributed by atoms with E-state index in [1.165, 1.54) is 0 Å². The molecule has 0 aliphatic heterocycles. The van der Waals surface area contributed by atoms with E-state index < -0.39 is 0 Å². The maximum absolute atomic E-state index is 11.9. The summed E-state index contributed by atoms with van der Waals surface area (Å²) in [5.74, 6) is 0.00660. The molecule has 0 heterocycles. The number of rotatable bonds is 4. The van der Waals surface area contributed by atoms with E-state index in [4.69, 9.17) is 0 Å². The predicted molar refractivity (Wildman–Crippen MR) is 71.1 cm³/mol. The summed E-state index contributed by atoms with van der Waals surface area (Å²) in [6.07, 6.45) is 0. The number of hydrogen-bond acceptors (Lipinski definition) is 1. The van der Waals surface area contributed by atoms with Gasteiger partial charge >= 0.3 is 0 Å². The van der Waals surface area contributed by atoms with Gasteiger partial charge in [-0.05, 0) is 24.0 Å². The molecule has 1 rings (SSSR count). The second-order valence-corrected chi connectivity index (χ2v) is 5.36. The zero-order chi connectivity index (χ0) is 12.2. The highest BCUT2D eigenvalue weighted by Crippen LogP contribution is 2.16. The maximum atomic E-state index is 11.9. The molecule has 0 aromatic heterocycles. The predicted octanol–water partition coefficient (Wildman–Crippen LogP) is 3.15. The average molecular weight is 284 g/mol. The molecule has 16 heavy (non-hydrogen) atoms. The van der Waals surface area contributed by atoms with Crippen molar-refractivity contribution < 1.29 is 4.79 Å². The Bertz CT molecular complexity index is 374. The van der Waals surface area contributed by atoms with Crippen LogP contribution in [0.4, 0.5) is 0 Å². The molecule has 0 saturated heterocycles. The Balaban J connectivity index is 2.64. The first-order valence-electron chi connectivity index (χ1n) is 5.36. The van der Waals surface area contributed by atoms with Crippen LogP contribution in [0.1, 0.15) is 29.8 Å². The summed E-state index contributed by atoms with van der Waals surface area (Å²) in [7, 11) is 0. The molecule has 0 aliphatic rings. The minimum Gasteiger partial charge on any atom is -0.351 e. The number of aryl methyl sites for hydroxylation is 1. The van der Waals surface area contributed by atoms with E-state index in [1.807, 2.05) is 31.2 Å². The van der Waals surface area contributed by atoms with Crippen molar-refractivity contribution in [3.63, 3.8) is 0 Å². The van der Waals surface area contributed by atoms with Gasteiger partial charge in [-0.15, -0.1) is 0 Å². The molecule has 1 amide bonds. The lowest BCUT2D eigenvalue weighted by molar-refractivity contribution is 0.0939. The van der Waals surface area contributed by atoms with Crippen LogP contribution in [0.15, 0.2) is 24.3 Å². The van der Waals surface area contributed by atoms with Crippen molar-refractivity contribution in [1.82, 2.24) is 5.32 Å². The van der Waals surface area contributed by atoms with Gasteiger partial charge < -0.3 is 5.32 Å². The second kappa shape index (κ2) is 5.48. The van der Waals surface area contributed by atoms with Crippen LogP contribution in [-0.4, -0.2) is 17.8 Å². The first-order valence-corrected chi connectivity index (χ1v) is 6.48. The third kappa shape index (κ3) is 3.63. The highest BCUT2D eigenvalue weighted by Gasteiger charge is 2.17.